The first-order valence-corrected chi connectivity index (χ1v) is 7.21. The molecule has 3 N–H and O–H groups in total. The zero-order chi connectivity index (χ0) is 15.8. The van der Waals surface area contributed by atoms with E-state index >= 15 is 0 Å². The molecule has 0 aliphatic carbocycles. The van der Waals surface area contributed by atoms with Gasteiger partial charge < -0.3 is 10.3 Å². The quantitative estimate of drug-likeness (QED) is 0.737. The monoisotopic (exact) mass is 311 g/mol. The van der Waals surface area contributed by atoms with Crippen LogP contribution < -0.4 is 21.7 Å². The molecule has 2 aromatic heterocycles. The molecule has 112 valence electrons. The van der Waals surface area contributed by atoms with Crippen LogP contribution >= 0.6 is 0 Å². The van der Waals surface area contributed by atoms with Crippen molar-refractivity contribution in [2.24, 2.45) is 14.1 Å². The van der Waals surface area contributed by atoms with Gasteiger partial charge in [-0.2, -0.15) is 0 Å². The van der Waals surface area contributed by atoms with Gasteiger partial charge in [-0.25, -0.2) is 18.2 Å². The first-order valence-electron chi connectivity index (χ1n) is 5.73. The fraction of sp³-hybridized carbons (Fsp3) is 0.182. The van der Waals surface area contributed by atoms with Gasteiger partial charge in [-0.15, -0.1) is 0 Å². The molecule has 0 unspecified atom stereocenters. The Bertz CT molecular complexity index is 896. The normalized spacial score (nSPS) is 11.3. The van der Waals surface area contributed by atoms with Crippen molar-refractivity contribution in [3.05, 3.63) is 45.4 Å². The molecule has 0 aliphatic rings. The lowest BCUT2D eigenvalue weighted by molar-refractivity contribution is 0.589. The van der Waals surface area contributed by atoms with Gasteiger partial charge in [0.1, 0.15) is 5.82 Å². The van der Waals surface area contributed by atoms with Crippen LogP contribution in [0.5, 0.6) is 0 Å². The van der Waals surface area contributed by atoms with Crippen molar-refractivity contribution in [3.8, 4) is 0 Å². The Kier molecular flexibility index (Phi) is 3.56. The lowest BCUT2D eigenvalue weighted by Crippen LogP contribution is -2.40. The molecule has 0 saturated heterocycles. The molecule has 0 atom stereocenters. The van der Waals surface area contributed by atoms with Crippen molar-refractivity contribution in [1.29, 1.82) is 0 Å². The van der Waals surface area contributed by atoms with Crippen molar-refractivity contribution >= 4 is 21.5 Å². The highest BCUT2D eigenvalue weighted by Crippen LogP contribution is 2.12. The molecule has 0 spiro atoms. The predicted molar refractivity (Wildman–Crippen MR) is 76.4 cm³/mol. The van der Waals surface area contributed by atoms with E-state index in [9.17, 15) is 18.0 Å². The summed E-state index contributed by atoms with van der Waals surface area (Å²) in [7, 11) is -1.59. The third-order valence-corrected chi connectivity index (χ3v) is 4.11. The van der Waals surface area contributed by atoms with Crippen molar-refractivity contribution in [2.45, 2.75) is 4.90 Å². The number of rotatable bonds is 3. The Balaban J connectivity index is 2.53. The second-order valence-corrected chi connectivity index (χ2v) is 5.98. The molecule has 0 amide bonds. The van der Waals surface area contributed by atoms with E-state index in [0.717, 1.165) is 15.3 Å². The number of sulfonamides is 1. The van der Waals surface area contributed by atoms with Crippen LogP contribution in [0.4, 0.5) is 11.5 Å². The number of nitrogen functional groups attached to an aromatic ring is 1. The summed E-state index contributed by atoms with van der Waals surface area (Å²) in [4.78, 5) is 26.7. The molecule has 0 radical (unpaired) electrons. The van der Waals surface area contributed by atoms with E-state index in [0.29, 0.717) is 0 Å². The first kappa shape index (κ1) is 14.8. The number of aromatic nitrogens is 3. The molecule has 0 fully saturated rings. The van der Waals surface area contributed by atoms with E-state index in [-0.39, 0.29) is 11.5 Å². The topological polar surface area (TPSA) is 129 Å². The average Bonchev–Trinajstić information content (AvgIpc) is 2.42. The van der Waals surface area contributed by atoms with Gasteiger partial charge in [0.15, 0.2) is 4.90 Å². The van der Waals surface area contributed by atoms with Crippen LogP contribution in [0.1, 0.15) is 0 Å². The van der Waals surface area contributed by atoms with Crippen LogP contribution in [0.15, 0.2) is 39.0 Å². The largest absolute Gasteiger partial charge is 0.384 e. The molecular formula is C11H13N5O4S. The van der Waals surface area contributed by atoms with Crippen LogP contribution in [-0.2, 0) is 24.1 Å². The van der Waals surface area contributed by atoms with E-state index in [1.165, 1.54) is 32.4 Å². The SMILES string of the molecule is Cn1cc(S(=O)(=O)Nc2ccc(N)nc2)c(=O)n(C)c1=O. The van der Waals surface area contributed by atoms with Gasteiger partial charge in [0.25, 0.3) is 15.6 Å². The third-order valence-electron chi connectivity index (χ3n) is 2.74. The highest BCUT2D eigenvalue weighted by Gasteiger charge is 2.21. The molecule has 9 nitrogen and oxygen atoms in total. The maximum atomic E-state index is 12.2. The number of hydrogen-bond acceptors (Lipinski definition) is 6. The summed E-state index contributed by atoms with van der Waals surface area (Å²) in [6, 6.07) is 2.82. The summed E-state index contributed by atoms with van der Waals surface area (Å²) in [5.41, 5.74) is 4.03. The maximum Gasteiger partial charge on any atom is 0.330 e. The number of nitrogens with zero attached hydrogens (tertiary/aromatic N) is 3. The van der Waals surface area contributed by atoms with E-state index < -0.39 is 26.2 Å². The number of anilines is 2. The smallest absolute Gasteiger partial charge is 0.330 e. The Morgan fingerprint density at radius 1 is 1.24 bits per heavy atom. The van der Waals surface area contributed by atoms with Crippen LogP contribution in [0, 0.1) is 0 Å². The van der Waals surface area contributed by atoms with Crippen molar-refractivity contribution in [2.75, 3.05) is 10.5 Å². The molecule has 0 aromatic carbocycles. The molecule has 2 heterocycles. The van der Waals surface area contributed by atoms with Crippen molar-refractivity contribution in [1.82, 2.24) is 14.1 Å². The Morgan fingerprint density at radius 2 is 1.90 bits per heavy atom. The minimum atomic E-state index is -4.14. The average molecular weight is 311 g/mol. The van der Waals surface area contributed by atoms with Gasteiger partial charge in [0.2, 0.25) is 0 Å². The zero-order valence-electron chi connectivity index (χ0n) is 11.3. The second-order valence-electron chi connectivity index (χ2n) is 4.33. The highest BCUT2D eigenvalue weighted by molar-refractivity contribution is 7.92. The van der Waals surface area contributed by atoms with Crippen LogP contribution in [0.2, 0.25) is 0 Å². The van der Waals surface area contributed by atoms with Crippen LogP contribution in [-0.4, -0.2) is 22.5 Å². The van der Waals surface area contributed by atoms with Gasteiger partial charge >= 0.3 is 5.69 Å². The van der Waals surface area contributed by atoms with Gasteiger partial charge in [-0.1, -0.05) is 0 Å². The van der Waals surface area contributed by atoms with E-state index in [2.05, 4.69) is 9.71 Å². The van der Waals surface area contributed by atoms with Gasteiger partial charge in [-0.3, -0.25) is 14.1 Å². The first-order chi connectivity index (χ1) is 9.72. The van der Waals surface area contributed by atoms with E-state index in [1.54, 1.807) is 0 Å². The molecule has 0 aliphatic heterocycles. The summed E-state index contributed by atoms with van der Waals surface area (Å²) in [6.07, 6.45) is 2.19. The molecule has 10 heteroatoms. The summed E-state index contributed by atoms with van der Waals surface area (Å²) >= 11 is 0. The van der Waals surface area contributed by atoms with Gasteiger partial charge in [0.05, 0.1) is 11.9 Å². The summed E-state index contributed by atoms with van der Waals surface area (Å²) in [6.45, 7) is 0. The van der Waals surface area contributed by atoms with Crippen molar-refractivity contribution in [3.63, 3.8) is 0 Å². The van der Waals surface area contributed by atoms with Crippen LogP contribution in [0.3, 0.4) is 0 Å². The number of aryl methyl sites for hydroxylation is 1. The summed E-state index contributed by atoms with van der Waals surface area (Å²) in [5.74, 6) is 0.232. The van der Waals surface area contributed by atoms with Crippen LogP contribution in [0.25, 0.3) is 0 Å². The second kappa shape index (κ2) is 5.05. The van der Waals surface area contributed by atoms with Gasteiger partial charge in [0, 0.05) is 20.3 Å². The lowest BCUT2D eigenvalue weighted by atomic mass is 10.4. The number of hydrogen-bond donors (Lipinski definition) is 2. The fourth-order valence-electron chi connectivity index (χ4n) is 1.64. The molecule has 0 saturated carbocycles. The standard InChI is InChI=1S/C11H13N5O4S/c1-15-6-8(10(17)16(2)11(15)18)21(19,20)14-7-3-4-9(12)13-5-7/h3-6,14H,1-2H3,(H2,12,13). The Morgan fingerprint density at radius 3 is 2.48 bits per heavy atom. The summed E-state index contributed by atoms with van der Waals surface area (Å²) < 4.78 is 28.4. The number of nitrogens with two attached hydrogens (primary N) is 1. The Labute approximate surface area is 119 Å². The Hall–Kier alpha value is -2.62. The lowest BCUT2D eigenvalue weighted by Gasteiger charge is -2.09. The molecule has 0 bridgehead atoms. The molecule has 2 rings (SSSR count). The summed E-state index contributed by atoms with van der Waals surface area (Å²) in [5, 5.41) is 0. The number of nitrogens with one attached hydrogen (secondary N) is 1. The maximum absolute atomic E-state index is 12.2. The van der Waals surface area contributed by atoms with Crippen molar-refractivity contribution < 1.29 is 8.42 Å². The zero-order valence-corrected chi connectivity index (χ0v) is 12.1. The highest BCUT2D eigenvalue weighted by atomic mass is 32.2. The molecular weight excluding hydrogens is 298 g/mol. The minimum Gasteiger partial charge on any atom is -0.384 e. The van der Waals surface area contributed by atoms with E-state index in [4.69, 9.17) is 5.73 Å². The third kappa shape index (κ3) is 2.79. The predicted octanol–water partition coefficient (Wildman–Crippen LogP) is -1.14. The number of pyridine rings is 1. The minimum absolute atomic E-state index is 0.153. The van der Waals surface area contributed by atoms with E-state index in [1.807, 2.05) is 0 Å². The molecule has 21 heavy (non-hydrogen) atoms. The fourth-order valence-corrected chi connectivity index (χ4v) is 2.84. The van der Waals surface area contributed by atoms with Gasteiger partial charge in [-0.05, 0) is 12.1 Å². The molecule has 2 aromatic rings.